The third kappa shape index (κ3) is 6.53. The minimum atomic E-state index is -5.34. The van der Waals surface area contributed by atoms with Gasteiger partial charge in [-0.05, 0) is 79.3 Å². The molecule has 0 spiro atoms. The fourth-order valence-electron chi connectivity index (χ4n) is 6.90. The zero-order valence-electron chi connectivity index (χ0n) is 22.7. The van der Waals surface area contributed by atoms with Gasteiger partial charge in [0.25, 0.3) is 0 Å². The molecule has 2 aliphatic heterocycles. The summed E-state index contributed by atoms with van der Waals surface area (Å²) in [5.74, 6) is 1.26. The zero-order chi connectivity index (χ0) is 29.4. The van der Waals surface area contributed by atoms with E-state index in [-0.39, 0.29) is 74.1 Å². The van der Waals surface area contributed by atoms with E-state index in [4.69, 9.17) is 16.3 Å². The number of hydrogen-bond donors (Lipinski definition) is 2. The molecule has 5 atom stereocenters. The lowest BCUT2D eigenvalue weighted by atomic mass is 9.65. The Balaban J connectivity index is 1.33. The summed E-state index contributed by atoms with van der Waals surface area (Å²) in [5, 5.41) is 7.39. The molecule has 2 N–H and O–H groups in total. The van der Waals surface area contributed by atoms with Crippen molar-refractivity contribution in [1.29, 1.82) is 0 Å². The fourth-order valence-corrected chi connectivity index (χ4v) is 8.01. The van der Waals surface area contributed by atoms with Crippen LogP contribution in [-0.2, 0) is 14.8 Å². The second-order valence-corrected chi connectivity index (χ2v) is 13.7. The molecule has 2 heterocycles. The van der Waals surface area contributed by atoms with Gasteiger partial charge in [0.15, 0.2) is 0 Å². The molecular weight excluding hydrogens is 579 g/mol. The molecule has 41 heavy (non-hydrogen) atoms. The summed E-state index contributed by atoms with van der Waals surface area (Å²) in [5.41, 5.74) is -2.98. The molecule has 0 bridgehead atoms. The molecule has 3 aliphatic rings. The van der Waals surface area contributed by atoms with Gasteiger partial charge in [0, 0.05) is 48.6 Å². The largest absolute Gasteiger partial charge is 0.511 e. The molecule has 2 aromatic carbocycles. The molecule has 0 aromatic heterocycles. The maximum Gasteiger partial charge on any atom is 0.511 e. The van der Waals surface area contributed by atoms with Crippen LogP contribution in [0.4, 0.5) is 13.2 Å². The standard InChI is InChI=1S/C29H35ClF3N3O4S/c1-40-23-9-4-19(5-10-23)28(18-2-7-21(30)8-3-18)20-6-11-25-24(16-20)26(17-27(37)35-25)34-22-12-14-36(15-13-22)41(38,39)29(31,32)33/h2-5,7-10,20,22,24-26,28,34H,6,11-17H2,1H3,(H,35,37). The maximum atomic E-state index is 13.0. The molecule has 224 valence electrons. The molecular formula is C29H35ClF3N3O4S. The van der Waals surface area contributed by atoms with E-state index in [2.05, 4.69) is 34.9 Å². The lowest BCUT2D eigenvalue weighted by Crippen LogP contribution is -2.60. The summed E-state index contributed by atoms with van der Waals surface area (Å²) in [6.45, 7) is -0.406. The van der Waals surface area contributed by atoms with Gasteiger partial charge in [-0.3, -0.25) is 4.79 Å². The third-order valence-electron chi connectivity index (χ3n) is 8.92. The number of hydrogen-bond acceptors (Lipinski definition) is 5. The van der Waals surface area contributed by atoms with E-state index in [1.807, 2.05) is 24.3 Å². The first-order valence-electron chi connectivity index (χ1n) is 14.0. The van der Waals surface area contributed by atoms with Crippen molar-refractivity contribution in [2.45, 2.75) is 68.1 Å². The van der Waals surface area contributed by atoms with Crippen molar-refractivity contribution in [3.05, 3.63) is 64.7 Å². The second kappa shape index (κ2) is 12.1. The van der Waals surface area contributed by atoms with Crippen molar-refractivity contribution >= 4 is 27.5 Å². The van der Waals surface area contributed by atoms with Crippen LogP contribution in [0.3, 0.4) is 0 Å². The monoisotopic (exact) mass is 613 g/mol. The number of ether oxygens (including phenoxy) is 1. The lowest BCUT2D eigenvalue weighted by Gasteiger charge is -2.47. The number of carbonyl (C=O) groups excluding carboxylic acids is 1. The normalized spacial score (nSPS) is 27.1. The first-order valence-corrected chi connectivity index (χ1v) is 15.8. The van der Waals surface area contributed by atoms with Crippen molar-refractivity contribution in [2.24, 2.45) is 11.8 Å². The van der Waals surface area contributed by atoms with E-state index >= 15 is 0 Å². The van der Waals surface area contributed by atoms with Gasteiger partial charge in [-0.2, -0.15) is 17.5 Å². The molecule has 2 saturated heterocycles. The molecule has 5 unspecified atom stereocenters. The highest BCUT2D eigenvalue weighted by molar-refractivity contribution is 7.90. The Morgan fingerprint density at radius 3 is 2.20 bits per heavy atom. The number of halogens is 4. The highest BCUT2D eigenvalue weighted by atomic mass is 35.5. The van der Waals surface area contributed by atoms with Gasteiger partial charge in [-0.25, -0.2) is 8.42 Å². The van der Waals surface area contributed by atoms with Gasteiger partial charge >= 0.3 is 15.5 Å². The molecule has 1 amide bonds. The van der Waals surface area contributed by atoms with Crippen LogP contribution in [0, 0.1) is 11.8 Å². The number of sulfonamides is 1. The first kappa shape index (κ1) is 30.1. The average molecular weight is 614 g/mol. The quantitative estimate of drug-likeness (QED) is 0.456. The summed E-state index contributed by atoms with van der Waals surface area (Å²) < 4.78 is 68.6. The van der Waals surface area contributed by atoms with Gasteiger partial charge in [-0.1, -0.05) is 35.9 Å². The Morgan fingerprint density at radius 2 is 1.61 bits per heavy atom. The Bertz CT molecular complexity index is 1320. The van der Waals surface area contributed by atoms with E-state index in [0.29, 0.717) is 9.33 Å². The number of nitrogens with zero attached hydrogens (tertiary/aromatic N) is 1. The van der Waals surface area contributed by atoms with Gasteiger partial charge in [0.2, 0.25) is 5.91 Å². The molecule has 1 aliphatic carbocycles. The van der Waals surface area contributed by atoms with Crippen LogP contribution in [0.5, 0.6) is 5.75 Å². The van der Waals surface area contributed by atoms with Gasteiger partial charge < -0.3 is 15.4 Å². The van der Waals surface area contributed by atoms with Crippen LogP contribution in [0.15, 0.2) is 48.5 Å². The fraction of sp³-hybridized carbons (Fsp3) is 0.552. The van der Waals surface area contributed by atoms with Crippen molar-refractivity contribution in [3.63, 3.8) is 0 Å². The van der Waals surface area contributed by atoms with E-state index in [1.165, 1.54) is 5.56 Å². The highest BCUT2D eigenvalue weighted by Gasteiger charge is 2.51. The minimum Gasteiger partial charge on any atom is -0.497 e. The number of methoxy groups -OCH3 is 1. The van der Waals surface area contributed by atoms with Crippen LogP contribution in [0.25, 0.3) is 0 Å². The topological polar surface area (TPSA) is 87.7 Å². The van der Waals surface area contributed by atoms with Crippen molar-refractivity contribution < 1.29 is 31.1 Å². The predicted octanol–water partition coefficient (Wildman–Crippen LogP) is 5.06. The Morgan fingerprint density at radius 1 is 1.00 bits per heavy atom. The van der Waals surface area contributed by atoms with Gasteiger partial charge in [-0.15, -0.1) is 0 Å². The molecule has 2 aromatic rings. The Hall–Kier alpha value is -2.34. The number of amides is 1. The van der Waals surface area contributed by atoms with Crippen LogP contribution < -0.4 is 15.4 Å². The minimum absolute atomic E-state index is 0.0115. The Labute approximate surface area is 243 Å². The van der Waals surface area contributed by atoms with Gasteiger partial charge in [0.05, 0.1) is 7.11 Å². The molecule has 0 radical (unpaired) electrons. The number of rotatable bonds is 7. The van der Waals surface area contributed by atoms with Gasteiger partial charge in [0.1, 0.15) is 5.75 Å². The van der Waals surface area contributed by atoms with Crippen LogP contribution in [0.2, 0.25) is 5.02 Å². The summed E-state index contributed by atoms with van der Waals surface area (Å²) in [7, 11) is -3.70. The van der Waals surface area contributed by atoms with Crippen molar-refractivity contribution in [3.8, 4) is 5.75 Å². The molecule has 5 rings (SSSR count). The smallest absolute Gasteiger partial charge is 0.497 e. The molecule has 7 nitrogen and oxygen atoms in total. The summed E-state index contributed by atoms with van der Waals surface area (Å²) in [6.07, 6.45) is 3.39. The number of nitrogens with one attached hydrogen (secondary N) is 2. The number of carbonyl (C=O) groups is 1. The first-order chi connectivity index (χ1) is 19.5. The number of alkyl halides is 3. The van der Waals surface area contributed by atoms with Crippen LogP contribution in [-0.4, -0.2) is 62.5 Å². The van der Waals surface area contributed by atoms with Crippen molar-refractivity contribution in [1.82, 2.24) is 14.9 Å². The average Bonchev–Trinajstić information content (AvgIpc) is 2.94. The van der Waals surface area contributed by atoms with E-state index < -0.39 is 15.5 Å². The summed E-state index contributed by atoms with van der Waals surface area (Å²) in [4.78, 5) is 12.6. The zero-order valence-corrected chi connectivity index (χ0v) is 24.3. The predicted molar refractivity (Wildman–Crippen MR) is 150 cm³/mol. The maximum absolute atomic E-state index is 13.0. The van der Waals surface area contributed by atoms with Crippen molar-refractivity contribution in [2.75, 3.05) is 20.2 Å². The number of piperidine rings is 2. The summed E-state index contributed by atoms with van der Waals surface area (Å²) >= 11 is 6.20. The lowest BCUT2D eigenvalue weighted by molar-refractivity contribution is -0.126. The Kier molecular flexibility index (Phi) is 8.90. The molecule has 1 saturated carbocycles. The van der Waals surface area contributed by atoms with Crippen LogP contribution in [0.1, 0.15) is 55.6 Å². The SMILES string of the molecule is COc1ccc(C(c2ccc(Cl)cc2)C2CCC3NC(=O)CC(NC4CCN(S(=O)(=O)C(F)(F)F)CC4)C3C2)cc1. The van der Waals surface area contributed by atoms with Crippen LogP contribution >= 0.6 is 11.6 Å². The number of benzene rings is 2. The third-order valence-corrected chi connectivity index (χ3v) is 10.8. The summed E-state index contributed by atoms with van der Waals surface area (Å²) in [6, 6.07) is 15.7. The molecule has 3 fully saturated rings. The highest BCUT2D eigenvalue weighted by Crippen LogP contribution is 2.45. The molecule has 12 heteroatoms. The van der Waals surface area contributed by atoms with E-state index in [1.54, 1.807) is 7.11 Å². The second-order valence-electron chi connectivity index (χ2n) is 11.3. The van der Waals surface area contributed by atoms with E-state index in [0.717, 1.165) is 30.6 Å². The number of fused-ring (bicyclic) bond motifs is 1. The van der Waals surface area contributed by atoms with E-state index in [9.17, 15) is 26.4 Å².